The fourth-order valence-electron chi connectivity index (χ4n) is 2.29. The van der Waals surface area contributed by atoms with E-state index in [2.05, 4.69) is 10.6 Å². The number of nitrogens with two attached hydrogens (primary N) is 1. The summed E-state index contributed by atoms with van der Waals surface area (Å²) >= 11 is 0. The molecule has 2 aromatic carbocycles. The fraction of sp³-hybridized carbons (Fsp3) is 0.100. The van der Waals surface area contributed by atoms with Crippen LogP contribution in [0.4, 0.5) is 11.4 Å². The minimum atomic E-state index is -0.733. The Morgan fingerprint density at radius 1 is 1.07 bits per heavy atom. The highest BCUT2D eigenvalue weighted by molar-refractivity contribution is 6.10. The largest absolute Gasteiger partial charge is 0.462 e. The highest BCUT2D eigenvalue weighted by Crippen LogP contribution is 2.18. The molecule has 0 aliphatic rings. The number of rotatable bonds is 7. The molecule has 142 valence electrons. The van der Waals surface area contributed by atoms with Crippen LogP contribution in [-0.2, 0) is 9.53 Å². The van der Waals surface area contributed by atoms with E-state index < -0.39 is 17.8 Å². The number of nitrogens with one attached hydrogen (secondary N) is 2. The number of ether oxygens (including phenoxy) is 1. The quantitative estimate of drug-likeness (QED) is 0.385. The van der Waals surface area contributed by atoms with E-state index in [1.165, 1.54) is 18.2 Å². The molecule has 0 fully saturated rings. The number of primary amides is 1. The molecule has 2 aromatic rings. The third kappa shape index (κ3) is 4.95. The molecule has 0 heterocycles. The maximum absolute atomic E-state index is 12.4. The molecule has 28 heavy (non-hydrogen) atoms. The van der Waals surface area contributed by atoms with Gasteiger partial charge in [0.25, 0.3) is 11.8 Å². The first-order valence-electron chi connectivity index (χ1n) is 8.31. The van der Waals surface area contributed by atoms with Crippen molar-refractivity contribution in [3.8, 4) is 6.07 Å². The van der Waals surface area contributed by atoms with Crippen LogP contribution < -0.4 is 16.4 Å². The van der Waals surface area contributed by atoms with Crippen molar-refractivity contribution in [3.63, 3.8) is 0 Å². The van der Waals surface area contributed by atoms with Gasteiger partial charge in [0.2, 0.25) is 0 Å². The summed E-state index contributed by atoms with van der Waals surface area (Å²) in [6.45, 7) is 1.86. The number of para-hydroxylation sites is 2. The Morgan fingerprint density at radius 3 is 2.29 bits per heavy atom. The van der Waals surface area contributed by atoms with Crippen molar-refractivity contribution in [2.75, 3.05) is 17.2 Å². The van der Waals surface area contributed by atoms with E-state index >= 15 is 0 Å². The number of benzene rings is 2. The zero-order chi connectivity index (χ0) is 20.5. The lowest BCUT2D eigenvalue weighted by molar-refractivity contribution is -0.112. The highest BCUT2D eigenvalue weighted by atomic mass is 16.5. The summed E-state index contributed by atoms with van der Waals surface area (Å²) in [7, 11) is 0. The molecule has 8 nitrogen and oxygen atoms in total. The van der Waals surface area contributed by atoms with Gasteiger partial charge in [-0.05, 0) is 31.2 Å². The average Bonchev–Trinajstić information content (AvgIpc) is 2.69. The minimum absolute atomic E-state index is 0.169. The molecule has 4 N–H and O–H groups in total. The Hall–Kier alpha value is -4.12. The van der Waals surface area contributed by atoms with E-state index in [9.17, 15) is 19.6 Å². The first-order chi connectivity index (χ1) is 13.5. The molecule has 0 saturated carbocycles. The van der Waals surface area contributed by atoms with Crippen molar-refractivity contribution >= 4 is 29.2 Å². The second kappa shape index (κ2) is 9.54. The smallest absolute Gasteiger partial charge is 0.340 e. The first kappa shape index (κ1) is 20.2. The molecule has 2 rings (SSSR count). The second-order valence-corrected chi connectivity index (χ2v) is 5.44. The van der Waals surface area contributed by atoms with Gasteiger partial charge in [0, 0.05) is 6.20 Å². The van der Waals surface area contributed by atoms with Gasteiger partial charge in [-0.25, -0.2) is 4.79 Å². The van der Waals surface area contributed by atoms with Gasteiger partial charge in [-0.2, -0.15) is 5.26 Å². The molecule has 0 radical (unpaired) electrons. The number of carbonyl (C=O) groups excluding carboxylic acids is 3. The van der Waals surface area contributed by atoms with Crippen molar-refractivity contribution in [2.45, 2.75) is 6.92 Å². The van der Waals surface area contributed by atoms with Gasteiger partial charge in [0.15, 0.2) is 0 Å². The molecule has 0 bridgehead atoms. The van der Waals surface area contributed by atoms with Crippen LogP contribution in [0.5, 0.6) is 0 Å². The summed E-state index contributed by atoms with van der Waals surface area (Å²) in [4.78, 5) is 35.9. The molecule has 0 aliphatic carbocycles. The average molecular weight is 378 g/mol. The highest BCUT2D eigenvalue weighted by Gasteiger charge is 2.16. The van der Waals surface area contributed by atoms with Crippen molar-refractivity contribution in [1.82, 2.24) is 0 Å². The molecule has 0 spiro atoms. The van der Waals surface area contributed by atoms with Crippen LogP contribution >= 0.6 is 0 Å². The van der Waals surface area contributed by atoms with Crippen molar-refractivity contribution in [3.05, 3.63) is 71.4 Å². The van der Waals surface area contributed by atoms with Gasteiger partial charge in [-0.15, -0.1) is 0 Å². The Kier molecular flexibility index (Phi) is 6.88. The number of amides is 2. The van der Waals surface area contributed by atoms with E-state index in [4.69, 9.17) is 10.5 Å². The number of hydrogen-bond donors (Lipinski definition) is 3. The minimum Gasteiger partial charge on any atom is -0.462 e. The van der Waals surface area contributed by atoms with Gasteiger partial charge in [0.1, 0.15) is 11.6 Å². The monoisotopic (exact) mass is 378 g/mol. The van der Waals surface area contributed by atoms with E-state index in [-0.39, 0.29) is 29.0 Å². The van der Waals surface area contributed by atoms with Gasteiger partial charge in [-0.3, -0.25) is 9.59 Å². The SMILES string of the molecule is CCOC(=O)c1ccccc1NC(=O)/C(C#N)=C\Nc1ccccc1C(N)=O. The van der Waals surface area contributed by atoms with E-state index in [1.54, 1.807) is 43.3 Å². The lowest BCUT2D eigenvalue weighted by atomic mass is 10.1. The number of esters is 1. The maximum atomic E-state index is 12.4. The van der Waals surface area contributed by atoms with Crippen LogP contribution in [0.3, 0.4) is 0 Å². The Labute approximate surface area is 161 Å². The van der Waals surface area contributed by atoms with Crippen molar-refractivity contribution in [1.29, 1.82) is 5.26 Å². The Balaban J connectivity index is 2.22. The van der Waals surface area contributed by atoms with Crippen LogP contribution in [0.15, 0.2) is 60.3 Å². The number of carbonyl (C=O) groups is 3. The summed E-state index contributed by atoms with van der Waals surface area (Å²) in [5.41, 5.74) is 5.97. The summed E-state index contributed by atoms with van der Waals surface area (Å²) < 4.78 is 4.95. The molecule has 0 aromatic heterocycles. The maximum Gasteiger partial charge on any atom is 0.340 e. The Morgan fingerprint density at radius 2 is 1.68 bits per heavy atom. The predicted molar refractivity (Wildman–Crippen MR) is 103 cm³/mol. The zero-order valence-electron chi connectivity index (χ0n) is 15.1. The lowest BCUT2D eigenvalue weighted by Crippen LogP contribution is -2.18. The normalized spacial score (nSPS) is 10.5. The summed E-state index contributed by atoms with van der Waals surface area (Å²) in [5, 5.41) is 14.5. The number of anilines is 2. The fourth-order valence-corrected chi connectivity index (χ4v) is 2.29. The zero-order valence-corrected chi connectivity index (χ0v) is 15.1. The van der Waals surface area contributed by atoms with Crippen LogP contribution in [0, 0.1) is 11.3 Å². The molecule has 0 aliphatic heterocycles. The molecule has 0 unspecified atom stereocenters. The molecule has 8 heteroatoms. The number of nitrogens with zero attached hydrogens (tertiary/aromatic N) is 1. The molecule has 0 atom stereocenters. The summed E-state index contributed by atoms with van der Waals surface area (Å²) in [5.74, 6) is -1.97. The van der Waals surface area contributed by atoms with Gasteiger partial charge in [0.05, 0.1) is 29.1 Å². The topological polar surface area (TPSA) is 134 Å². The van der Waals surface area contributed by atoms with Gasteiger partial charge >= 0.3 is 5.97 Å². The first-order valence-corrected chi connectivity index (χ1v) is 8.31. The third-order valence-electron chi connectivity index (χ3n) is 3.60. The predicted octanol–water partition coefficient (Wildman–Crippen LogP) is 2.42. The Bertz CT molecular complexity index is 976. The second-order valence-electron chi connectivity index (χ2n) is 5.44. The van der Waals surface area contributed by atoms with E-state index in [1.807, 2.05) is 0 Å². The van der Waals surface area contributed by atoms with Crippen LogP contribution in [0.2, 0.25) is 0 Å². The summed E-state index contributed by atoms with van der Waals surface area (Å²) in [6.07, 6.45) is 1.16. The summed E-state index contributed by atoms with van der Waals surface area (Å²) in [6, 6.07) is 14.5. The molecular weight excluding hydrogens is 360 g/mol. The molecule has 0 saturated heterocycles. The molecule has 2 amide bonds. The lowest BCUT2D eigenvalue weighted by Gasteiger charge is -2.10. The standard InChI is InChI=1S/C20H18N4O4/c1-2-28-20(27)15-8-4-6-10-17(15)24-19(26)13(11-21)12-23-16-9-5-3-7-14(16)18(22)25/h3-10,12,23H,2H2,1H3,(H2,22,25)(H,24,26)/b13-12-. The van der Waals surface area contributed by atoms with Gasteiger partial charge in [-0.1, -0.05) is 24.3 Å². The van der Waals surface area contributed by atoms with Crippen molar-refractivity contribution in [2.24, 2.45) is 5.73 Å². The molecular formula is C20H18N4O4. The number of hydrogen-bond acceptors (Lipinski definition) is 6. The van der Waals surface area contributed by atoms with E-state index in [0.29, 0.717) is 5.69 Å². The van der Waals surface area contributed by atoms with Crippen LogP contribution in [0.1, 0.15) is 27.6 Å². The van der Waals surface area contributed by atoms with Crippen molar-refractivity contribution < 1.29 is 19.1 Å². The van der Waals surface area contributed by atoms with Gasteiger partial charge < -0.3 is 21.1 Å². The van der Waals surface area contributed by atoms with Crippen LogP contribution in [-0.4, -0.2) is 24.4 Å². The van der Waals surface area contributed by atoms with Crippen LogP contribution in [0.25, 0.3) is 0 Å². The third-order valence-corrected chi connectivity index (χ3v) is 3.60. The number of nitriles is 1. The van der Waals surface area contributed by atoms with E-state index in [0.717, 1.165) is 6.20 Å².